The maximum absolute atomic E-state index is 12.5. The molecule has 2 heterocycles. The summed E-state index contributed by atoms with van der Waals surface area (Å²) in [4.78, 5) is 33.7. The minimum absolute atomic E-state index is 0.0969. The van der Waals surface area contributed by atoms with E-state index < -0.39 is 0 Å². The molecule has 0 atom stereocenters. The van der Waals surface area contributed by atoms with Gasteiger partial charge in [-0.15, -0.1) is 0 Å². The van der Waals surface area contributed by atoms with Crippen LogP contribution >= 0.6 is 0 Å². The topological polar surface area (TPSA) is 78.1 Å². The Labute approximate surface area is 129 Å². The van der Waals surface area contributed by atoms with E-state index in [-0.39, 0.29) is 22.4 Å². The molecule has 2 aromatic rings. The average molecular weight is 302 g/mol. The van der Waals surface area contributed by atoms with E-state index in [9.17, 15) is 9.59 Å². The maximum Gasteiger partial charge on any atom is 0.256 e. The minimum atomic E-state index is -0.360. The van der Waals surface area contributed by atoms with Crippen LogP contribution in [0.5, 0.6) is 0 Å². The number of hydrogen-bond acceptors (Lipinski definition) is 4. The fourth-order valence-corrected chi connectivity index (χ4v) is 2.07. The van der Waals surface area contributed by atoms with E-state index >= 15 is 0 Å². The lowest BCUT2D eigenvalue weighted by Gasteiger charge is -2.12. The molecule has 2 N–H and O–H groups in total. The zero-order chi connectivity index (χ0) is 16.3. The number of amides is 1. The van der Waals surface area contributed by atoms with Gasteiger partial charge in [-0.3, -0.25) is 9.59 Å². The molecule has 118 valence electrons. The molecular formula is C16H22N4O2. The zero-order valence-electron chi connectivity index (χ0n) is 13.4. The second-order valence-electron chi connectivity index (χ2n) is 5.93. The molecule has 1 amide bonds. The number of pyridine rings is 2. The Kier molecular flexibility index (Phi) is 4.80. The van der Waals surface area contributed by atoms with Gasteiger partial charge in [-0.05, 0) is 24.5 Å². The molecule has 2 rings (SSSR count). The molecule has 0 spiro atoms. The molecule has 0 saturated heterocycles. The van der Waals surface area contributed by atoms with E-state index in [0.29, 0.717) is 23.8 Å². The van der Waals surface area contributed by atoms with E-state index in [4.69, 9.17) is 0 Å². The van der Waals surface area contributed by atoms with Crippen molar-refractivity contribution in [3.8, 4) is 0 Å². The lowest BCUT2D eigenvalue weighted by molar-refractivity contribution is 0.0951. The van der Waals surface area contributed by atoms with Crippen LogP contribution in [0.3, 0.4) is 0 Å². The first-order valence-electron chi connectivity index (χ1n) is 7.38. The Balaban J connectivity index is 2.33. The van der Waals surface area contributed by atoms with Crippen molar-refractivity contribution in [2.24, 2.45) is 5.92 Å². The van der Waals surface area contributed by atoms with Gasteiger partial charge in [0.2, 0.25) is 5.43 Å². The first-order chi connectivity index (χ1) is 10.4. The number of carbonyl (C=O) groups excluding carboxylic acids is 1. The smallest absolute Gasteiger partial charge is 0.256 e. The monoisotopic (exact) mass is 302 g/mol. The Morgan fingerprint density at radius 3 is 2.73 bits per heavy atom. The third-order valence-electron chi connectivity index (χ3n) is 3.42. The van der Waals surface area contributed by atoms with Crippen LogP contribution < -0.4 is 15.6 Å². The second-order valence-corrected chi connectivity index (χ2v) is 5.93. The van der Waals surface area contributed by atoms with Crippen LogP contribution in [-0.2, 0) is 0 Å². The molecule has 2 aromatic heterocycles. The van der Waals surface area contributed by atoms with Gasteiger partial charge in [-0.2, -0.15) is 0 Å². The standard InChI is InChI=1S/C16H22N4O2/c1-10(2)7-8-17-16(22)11-9-18-12-5-6-13(20(3)4)19-14(12)15(11)21/h5-6,9-10H,7-8H2,1-4H3,(H,17,22)(H,18,21). The molecule has 6 nitrogen and oxygen atoms in total. The van der Waals surface area contributed by atoms with Crippen LogP contribution in [0.4, 0.5) is 5.82 Å². The molecule has 0 unspecified atom stereocenters. The SMILES string of the molecule is CC(C)CCNC(=O)c1c[nH]c2ccc(N(C)C)nc2c1=O. The number of nitrogens with one attached hydrogen (secondary N) is 2. The first-order valence-corrected chi connectivity index (χ1v) is 7.38. The van der Waals surface area contributed by atoms with Crippen molar-refractivity contribution in [1.82, 2.24) is 15.3 Å². The predicted octanol–water partition coefficient (Wildman–Crippen LogP) is 1.76. The third-order valence-corrected chi connectivity index (χ3v) is 3.42. The third kappa shape index (κ3) is 3.44. The minimum Gasteiger partial charge on any atom is -0.363 e. The fraction of sp³-hybridized carbons (Fsp3) is 0.438. The van der Waals surface area contributed by atoms with E-state index in [1.165, 1.54) is 6.20 Å². The Bertz CT molecular complexity index is 734. The summed E-state index contributed by atoms with van der Waals surface area (Å²) in [5.41, 5.74) is 0.649. The van der Waals surface area contributed by atoms with Crippen molar-refractivity contribution >= 4 is 22.8 Å². The molecule has 0 aliphatic heterocycles. The summed E-state index contributed by atoms with van der Waals surface area (Å²) in [6, 6.07) is 3.61. The fourth-order valence-electron chi connectivity index (χ4n) is 2.07. The molecule has 0 fully saturated rings. The summed E-state index contributed by atoms with van der Waals surface area (Å²) >= 11 is 0. The van der Waals surface area contributed by atoms with Gasteiger partial charge in [-0.1, -0.05) is 13.8 Å². The highest BCUT2D eigenvalue weighted by atomic mass is 16.2. The number of anilines is 1. The number of nitrogens with zero attached hydrogens (tertiary/aromatic N) is 2. The van der Waals surface area contributed by atoms with Gasteiger partial charge in [0.1, 0.15) is 16.9 Å². The maximum atomic E-state index is 12.5. The van der Waals surface area contributed by atoms with Crippen LogP contribution in [-0.4, -0.2) is 36.5 Å². The van der Waals surface area contributed by atoms with E-state index in [1.54, 1.807) is 6.07 Å². The van der Waals surface area contributed by atoms with Crippen LogP contribution in [0.15, 0.2) is 23.1 Å². The van der Waals surface area contributed by atoms with Gasteiger partial charge in [0.25, 0.3) is 5.91 Å². The first kappa shape index (κ1) is 16.0. The Morgan fingerprint density at radius 1 is 1.36 bits per heavy atom. The van der Waals surface area contributed by atoms with Gasteiger partial charge >= 0.3 is 0 Å². The van der Waals surface area contributed by atoms with Crippen molar-refractivity contribution in [3.63, 3.8) is 0 Å². The number of aromatic amines is 1. The summed E-state index contributed by atoms with van der Waals surface area (Å²) in [7, 11) is 3.70. The summed E-state index contributed by atoms with van der Waals surface area (Å²) in [6.07, 6.45) is 2.33. The van der Waals surface area contributed by atoms with Gasteiger partial charge in [0.05, 0.1) is 5.52 Å². The van der Waals surface area contributed by atoms with Gasteiger partial charge in [-0.25, -0.2) is 4.98 Å². The highest BCUT2D eigenvalue weighted by Crippen LogP contribution is 2.12. The van der Waals surface area contributed by atoms with Crippen molar-refractivity contribution in [1.29, 1.82) is 0 Å². The number of hydrogen-bond donors (Lipinski definition) is 2. The van der Waals surface area contributed by atoms with Crippen molar-refractivity contribution in [2.45, 2.75) is 20.3 Å². The molecular weight excluding hydrogens is 280 g/mol. The summed E-state index contributed by atoms with van der Waals surface area (Å²) in [5, 5.41) is 2.78. The molecule has 6 heteroatoms. The highest BCUT2D eigenvalue weighted by Gasteiger charge is 2.14. The number of aromatic nitrogens is 2. The van der Waals surface area contributed by atoms with Crippen LogP contribution in [0.1, 0.15) is 30.6 Å². The normalized spacial score (nSPS) is 11.0. The largest absolute Gasteiger partial charge is 0.363 e. The lowest BCUT2D eigenvalue weighted by Crippen LogP contribution is -2.30. The Hall–Kier alpha value is -2.37. The van der Waals surface area contributed by atoms with Crippen molar-refractivity contribution in [2.75, 3.05) is 25.5 Å². The van der Waals surface area contributed by atoms with Gasteiger partial charge < -0.3 is 15.2 Å². The second kappa shape index (κ2) is 6.60. The summed E-state index contributed by atoms with van der Waals surface area (Å²) < 4.78 is 0. The van der Waals surface area contributed by atoms with E-state index in [1.807, 2.05) is 25.1 Å². The zero-order valence-corrected chi connectivity index (χ0v) is 13.4. The number of rotatable bonds is 5. The van der Waals surface area contributed by atoms with Crippen molar-refractivity contribution < 1.29 is 4.79 Å². The molecule has 0 saturated carbocycles. The van der Waals surface area contributed by atoms with E-state index in [2.05, 4.69) is 29.1 Å². The van der Waals surface area contributed by atoms with Crippen LogP contribution in [0, 0.1) is 5.92 Å². The summed E-state index contributed by atoms with van der Waals surface area (Å²) in [6.45, 7) is 4.72. The van der Waals surface area contributed by atoms with Gasteiger partial charge in [0.15, 0.2) is 0 Å². The number of H-pyrrole nitrogens is 1. The van der Waals surface area contributed by atoms with Gasteiger partial charge in [0, 0.05) is 26.8 Å². The Morgan fingerprint density at radius 2 is 2.09 bits per heavy atom. The predicted molar refractivity (Wildman–Crippen MR) is 88.5 cm³/mol. The average Bonchev–Trinajstić information content (AvgIpc) is 2.46. The number of fused-ring (bicyclic) bond motifs is 1. The van der Waals surface area contributed by atoms with Crippen LogP contribution in [0.25, 0.3) is 11.0 Å². The highest BCUT2D eigenvalue weighted by molar-refractivity contribution is 5.96. The number of carbonyl (C=O) groups is 1. The molecule has 0 radical (unpaired) electrons. The quantitative estimate of drug-likeness (QED) is 0.882. The van der Waals surface area contributed by atoms with E-state index in [0.717, 1.165) is 6.42 Å². The molecule has 0 aromatic carbocycles. The molecule has 22 heavy (non-hydrogen) atoms. The lowest BCUT2D eigenvalue weighted by atomic mass is 10.1. The van der Waals surface area contributed by atoms with Crippen LogP contribution in [0.2, 0.25) is 0 Å². The molecule has 0 aliphatic rings. The molecule has 0 aliphatic carbocycles. The summed E-state index contributed by atoms with van der Waals surface area (Å²) in [5.74, 6) is 0.815. The van der Waals surface area contributed by atoms with Crippen molar-refractivity contribution in [3.05, 3.63) is 34.1 Å². The molecule has 0 bridgehead atoms.